The number of Topliss-reactive ketones (excluding diaryl/α,β-unsaturated/α-hetero) is 1. The average molecular weight is 282 g/mol. The van der Waals surface area contributed by atoms with Gasteiger partial charge in [-0.05, 0) is 19.3 Å². The summed E-state index contributed by atoms with van der Waals surface area (Å²) in [6.45, 7) is 5.47. The number of carbonyl (C=O) groups excluding carboxylic acids is 3. The molecule has 0 saturated heterocycles. The number of hydrogen-bond acceptors (Lipinski definition) is 5. The van der Waals surface area contributed by atoms with Gasteiger partial charge < -0.3 is 9.47 Å². The van der Waals surface area contributed by atoms with E-state index < -0.39 is 23.3 Å². The first-order chi connectivity index (χ1) is 9.39. The molecule has 0 aliphatic heterocycles. The Balaban J connectivity index is 3.03. The normalized spacial score (nSPS) is 21.4. The van der Waals surface area contributed by atoms with Crippen molar-refractivity contribution in [1.29, 1.82) is 0 Å². The molecule has 1 aliphatic rings. The zero-order valence-electron chi connectivity index (χ0n) is 12.3. The molecule has 5 nitrogen and oxygen atoms in total. The maximum Gasteiger partial charge on any atom is 0.320 e. The third kappa shape index (κ3) is 3.26. The number of methoxy groups -OCH3 is 2. The van der Waals surface area contributed by atoms with Crippen LogP contribution in [0.3, 0.4) is 0 Å². The van der Waals surface area contributed by atoms with E-state index >= 15 is 0 Å². The second-order valence-electron chi connectivity index (χ2n) is 5.45. The maximum absolute atomic E-state index is 11.9. The monoisotopic (exact) mass is 282 g/mol. The van der Waals surface area contributed by atoms with Gasteiger partial charge in [0.05, 0.1) is 14.2 Å². The number of carbonyl (C=O) groups is 3. The summed E-state index contributed by atoms with van der Waals surface area (Å²) >= 11 is 0. The van der Waals surface area contributed by atoms with Gasteiger partial charge in [0.15, 0.2) is 5.92 Å². The molecule has 0 aromatic heterocycles. The van der Waals surface area contributed by atoms with Crippen molar-refractivity contribution in [1.82, 2.24) is 0 Å². The first-order valence-electron chi connectivity index (χ1n) is 6.71. The van der Waals surface area contributed by atoms with Crippen LogP contribution < -0.4 is 0 Å². The van der Waals surface area contributed by atoms with E-state index in [9.17, 15) is 14.4 Å². The van der Waals surface area contributed by atoms with Crippen LogP contribution in [0, 0.1) is 17.3 Å². The lowest BCUT2D eigenvalue weighted by molar-refractivity contribution is -0.164. The van der Waals surface area contributed by atoms with Crippen LogP contribution in [0.5, 0.6) is 0 Å². The Kier molecular flexibility index (Phi) is 5.48. The lowest BCUT2D eigenvalue weighted by Crippen LogP contribution is -2.41. The molecule has 0 aromatic carbocycles. The molecule has 0 N–H and O–H groups in total. The first kappa shape index (κ1) is 16.4. The molecule has 112 valence electrons. The second kappa shape index (κ2) is 6.68. The van der Waals surface area contributed by atoms with Gasteiger partial charge in [-0.3, -0.25) is 14.4 Å². The van der Waals surface area contributed by atoms with Gasteiger partial charge in [-0.15, -0.1) is 6.58 Å². The molecule has 0 heterocycles. The molecule has 0 bridgehead atoms. The van der Waals surface area contributed by atoms with Crippen molar-refractivity contribution < 1.29 is 23.9 Å². The van der Waals surface area contributed by atoms with Crippen molar-refractivity contribution in [2.75, 3.05) is 14.2 Å². The zero-order valence-corrected chi connectivity index (χ0v) is 12.3. The highest BCUT2D eigenvalue weighted by atomic mass is 16.5. The van der Waals surface area contributed by atoms with Gasteiger partial charge in [0.2, 0.25) is 0 Å². The Morgan fingerprint density at radius 2 is 1.95 bits per heavy atom. The smallest absolute Gasteiger partial charge is 0.320 e. The molecule has 0 amide bonds. The maximum atomic E-state index is 11.9. The van der Waals surface area contributed by atoms with E-state index in [2.05, 4.69) is 6.58 Å². The fraction of sp³-hybridized carbons (Fsp3) is 0.667. The van der Waals surface area contributed by atoms with E-state index in [1.54, 1.807) is 13.0 Å². The minimum atomic E-state index is -1.09. The molecular formula is C15H22O5. The quantitative estimate of drug-likeness (QED) is 0.423. The molecular weight excluding hydrogens is 260 g/mol. The van der Waals surface area contributed by atoms with Crippen molar-refractivity contribution in [2.24, 2.45) is 17.3 Å². The van der Waals surface area contributed by atoms with Crippen LogP contribution in [0.1, 0.15) is 32.6 Å². The van der Waals surface area contributed by atoms with E-state index in [0.717, 1.165) is 12.8 Å². The lowest BCUT2D eigenvalue weighted by Gasteiger charge is -2.33. The molecule has 0 aromatic rings. The van der Waals surface area contributed by atoms with Gasteiger partial charge in [-0.2, -0.15) is 0 Å². The molecule has 1 aliphatic carbocycles. The molecule has 1 fully saturated rings. The van der Waals surface area contributed by atoms with Crippen LogP contribution in [0.15, 0.2) is 12.7 Å². The van der Waals surface area contributed by atoms with Crippen molar-refractivity contribution in [3.8, 4) is 0 Å². The van der Waals surface area contributed by atoms with Crippen molar-refractivity contribution in [3.05, 3.63) is 12.7 Å². The van der Waals surface area contributed by atoms with Crippen LogP contribution in [0.2, 0.25) is 0 Å². The van der Waals surface area contributed by atoms with Gasteiger partial charge in [0, 0.05) is 17.8 Å². The predicted molar refractivity (Wildman–Crippen MR) is 72.8 cm³/mol. The number of allylic oxidation sites excluding steroid dienone is 1. The fourth-order valence-corrected chi connectivity index (χ4v) is 2.82. The second-order valence-corrected chi connectivity index (χ2v) is 5.45. The summed E-state index contributed by atoms with van der Waals surface area (Å²) in [4.78, 5) is 35.6. The van der Waals surface area contributed by atoms with E-state index in [1.807, 2.05) is 0 Å². The van der Waals surface area contributed by atoms with Crippen molar-refractivity contribution in [2.45, 2.75) is 32.6 Å². The van der Waals surface area contributed by atoms with Crippen LogP contribution in [-0.4, -0.2) is 31.9 Å². The topological polar surface area (TPSA) is 69.7 Å². The van der Waals surface area contributed by atoms with Gasteiger partial charge in [-0.25, -0.2) is 0 Å². The summed E-state index contributed by atoms with van der Waals surface area (Å²) in [7, 11) is 2.45. The van der Waals surface area contributed by atoms with Crippen molar-refractivity contribution in [3.63, 3.8) is 0 Å². The Hall–Kier alpha value is -1.65. The van der Waals surface area contributed by atoms with Crippen LogP contribution >= 0.6 is 0 Å². The number of rotatable bonds is 6. The Morgan fingerprint density at radius 1 is 1.40 bits per heavy atom. The zero-order chi connectivity index (χ0) is 15.3. The lowest BCUT2D eigenvalue weighted by atomic mass is 9.70. The average Bonchev–Trinajstić information content (AvgIpc) is 2.83. The summed E-state index contributed by atoms with van der Waals surface area (Å²) in [5, 5.41) is 0. The minimum absolute atomic E-state index is 0.130. The summed E-state index contributed by atoms with van der Waals surface area (Å²) in [5.41, 5.74) is -0.856. The molecule has 2 unspecified atom stereocenters. The molecule has 2 atom stereocenters. The third-order valence-electron chi connectivity index (χ3n) is 4.12. The predicted octanol–water partition coefficient (Wildman–Crippen LogP) is 1.90. The molecule has 1 saturated carbocycles. The van der Waals surface area contributed by atoms with Crippen molar-refractivity contribution >= 4 is 17.7 Å². The van der Waals surface area contributed by atoms with E-state index in [0.29, 0.717) is 12.8 Å². The Morgan fingerprint density at radius 3 is 2.30 bits per heavy atom. The number of ketones is 1. The highest BCUT2D eigenvalue weighted by molar-refractivity contribution is 5.96. The largest absolute Gasteiger partial charge is 0.468 e. The fourth-order valence-electron chi connectivity index (χ4n) is 2.82. The van der Waals surface area contributed by atoms with Crippen LogP contribution in [0.4, 0.5) is 0 Å². The van der Waals surface area contributed by atoms with E-state index in [-0.39, 0.29) is 11.7 Å². The number of hydrogen-bond donors (Lipinski definition) is 0. The van der Waals surface area contributed by atoms with E-state index in [1.165, 1.54) is 14.2 Å². The van der Waals surface area contributed by atoms with Gasteiger partial charge >= 0.3 is 11.9 Å². The number of esters is 2. The highest BCUT2D eigenvalue weighted by Gasteiger charge is 2.46. The standard InChI is InChI=1S/C15H22O5/c1-5-15(2,9-10-7-6-8-11(10)16)12(13(17)19-3)14(18)20-4/h5,10,12H,1,6-9H2,2-4H3. The first-order valence-corrected chi connectivity index (χ1v) is 6.71. The SMILES string of the molecule is C=CC(C)(CC1CCCC1=O)C(C(=O)OC)C(=O)OC. The summed E-state index contributed by atoms with van der Waals surface area (Å²) in [5.74, 6) is -2.36. The summed E-state index contributed by atoms with van der Waals surface area (Å²) in [6.07, 6.45) is 4.18. The molecule has 1 rings (SSSR count). The van der Waals surface area contributed by atoms with E-state index in [4.69, 9.17) is 9.47 Å². The van der Waals surface area contributed by atoms with Gasteiger partial charge in [0.1, 0.15) is 5.78 Å². The number of ether oxygens (including phenoxy) is 2. The Bertz CT molecular complexity index is 398. The summed E-state index contributed by atoms with van der Waals surface area (Å²) in [6, 6.07) is 0. The molecule has 0 radical (unpaired) electrons. The molecule has 0 spiro atoms. The molecule has 20 heavy (non-hydrogen) atoms. The summed E-state index contributed by atoms with van der Waals surface area (Å²) < 4.78 is 9.40. The van der Waals surface area contributed by atoms with Crippen LogP contribution in [0.25, 0.3) is 0 Å². The van der Waals surface area contributed by atoms with Gasteiger partial charge in [0.25, 0.3) is 0 Å². The van der Waals surface area contributed by atoms with Crippen LogP contribution in [-0.2, 0) is 23.9 Å². The highest BCUT2D eigenvalue weighted by Crippen LogP contribution is 2.41. The minimum Gasteiger partial charge on any atom is -0.468 e. The van der Waals surface area contributed by atoms with Gasteiger partial charge in [-0.1, -0.05) is 13.0 Å². The molecule has 5 heteroatoms. The Labute approximate surface area is 119 Å². The third-order valence-corrected chi connectivity index (χ3v) is 4.12.